The average Bonchev–Trinajstić information content (AvgIpc) is 2.67. The summed E-state index contributed by atoms with van der Waals surface area (Å²) in [5, 5.41) is 2.75. The monoisotopic (exact) mass is 425 g/mol. The number of alkyl halides is 3. The van der Waals surface area contributed by atoms with Crippen LogP contribution in [-0.2, 0) is 11.3 Å². The summed E-state index contributed by atoms with van der Waals surface area (Å²) >= 11 is 0. The van der Waals surface area contributed by atoms with Crippen LogP contribution in [0, 0.1) is 11.6 Å². The van der Waals surface area contributed by atoms with E-state index in [-0.39, 0.29) is 5.82 Å². The third-order valence-electron chi connectivity index (χ3n) is 2.07. The van der Waals surface area contributed by atoms with Crippen molar-refractivity contribution in [3.05, 3.63) is 72.9 Å². The summed E-state index contributed by atoms with van der Waals surface area (Å²) < 4.78 is 61.4. The normalized spacial score (nSPS) is 9.34. The largest absolute Gasteiger partial charge is 0.522 e. The zero-order chi connectivity index (χ0) is 23.7. The minimum atomic E-state index is -4.52. The van der Waals surface area contributed by atoms with Gasteiger partial charge in [-0.3, -0.25) is 4.74 Å². The van der Waals surface area contributed by atoms with Crippen molar-refractivity contribution in [3.8, 4) is 0 Å². The molecule has 0 aliphatic carbocycles. The van der Waals surface area contributed by atoms with E-state index in [1.165, 1.54) is 12.5 Å². The molecule has 0 spiro atoms. The summed E-state index contributed by atoms with van der Waals surface area (Å²) in [6.07, 6.45) is 3.34. The zero-order valence-corrected chi connectivity index (χ0v) is 18.4. The van der Waals surface area contributed by atoms with E-state index < -0.39 is 18.8 Å². The van der Waals surface area contributed by atoms with Gasteiger partial charge in [0.1, 0.15) is 11.6 Å². The highest BCUT2D eigenvalue weighted by atomic mass is 19.4. The average molecular weight is 426 g/mol. The summed E-state index contributed by atoms with van der Waals surface area (Å²) in [5.41, 5.74) is 0.354. The summed E-state index contributed by atoms with van der Waals surface area (Å²) in [4.78, 5) is 0. The molecular weight excluding hydrogens is 389 g/mol. The number of halogens is 5. The van der Waals surface area contributed by atoms with Crippen molar-refractivity contribution in [2.45, 2.75) is 53.9 Å². The molecule has 0 atom stereocenters. The van der Waals surface area contributed by atoms with Gasteiger partial charge >= 0.3 is 6.36 Å². The van der Waals surface area contributed by atoms with Gasteiger partial charge in [-0.2, -0.15) is 0 Å². The number of hydrogen-bond acceptors (Lipinski definition) is 2. The zero-order valence-electron chi connectivity index (χ0n) is 18.4. The maximum Gasteiger partial charge on any atom is 0.522 e. The summed E-state index contributed by atoms with van der Waals surface area (Å²) in [6, 6.07) is 3.42. The molecule has 0 radical (unpaired) electrons. The highest BCUT2D eigenvalue weighted by Gasteiger charge is 2.27. The molecular formula is C22H36F5NO. The highest BCUT2D eigenvalue weighted by molar-refractivity contribution is 5.18. The lowest BCUT2D eigenvalue weighted by atomic mass is 10.2. The molecule has 0 heterocycles. The molecule has 0 amide bonds. The van der Waals surface area contributed by atoms with Crippen LogP contribution in [0.1, 0.15) is 46.6 Å². The second-order valence-electron chi connectivity index (χ2n) is 4.78. The first-order valence-electron chi connectivity index (χ1n) is 9.27. The topological polar surface area (TPSA) is 21.3 Å². The number of nitrogens with one attached hydrogen (secondary N) is 1. The Hall–Kier alpha value is -1.99. The number of benzene rings is 1. The van der Waals surface area contributed by atoms with E-state index in [0.29, 0.717) is 12.1 Å². The molecule has 170 valence electrons. The quantitative estimate of drug-likeness (QED) is 0.298. The molecule has 0 aliphatic heterocycles. The fraction of sp³-hybridized carbons (Fsp3) is 0.455. The Kier molecular flexibility index (Phi) is 31.0. The minimum absolute atomic E-state index is 0.351. The van der Waals surface area contributed by atoms with Gasteiger partial charge in [-0.1, -0.05) is 65.0 Å². The van der Waals surface area contributed by atoms with Crippen LogP contribution in [0.25, 0.3) is 0 Å². The Morgan fingerprint density at radius 2 is 1.62 bits per heavy atom. The van der Waals surface area contributed by atoms with Crippen LogP contribution in [0.15, 0.2) is 55.7 Å². The first-order chi connectivity index (χ1) is 13.6. The molecule has 1 rings (SSSR count). The molecule has 2 nitrogen and oxygen atoms in total. The van der Waals surface area contributed by atoms with Crippen molar-refractivity contribution in [2.24, 2.45) is 0 Å². The fourth-order valence-electron chi connectivity index (χ4n) is 1.16. The third-order valence-corrected chi connectivity index (χ3v) is 2.07. The Labute approximate surface area is 173 Å². The first kappa shape index (κ1) is 34.5. The van der Waals surface area contributed by atoms with Crippen LogP contribution >= 0.6 is 0 Å². The second-order valence-corrected chi connectivity index (χ2v) is 4.78. The lowest BCUT2D eigenvalue weighted by molar-refractivity contribution is -0.319. The number of rotatable bonds is 5. The van der Waals surface area contributed by atoms with Crippen LogP contribution in [0.4, 0.5) is 22.0 Å². The molecule has 0 bridgehead atoms. The maximum absolute atomic E-state index is 12.7. The molecule has 1 aromatic rings. The smallest absolute Gasteiger partial charge is 0.316 e. The molecule has 0 aliphatic rings. The second kappa shape index (κ2) is 26.0. The molecule has 0 saturated carbocycles. The van der Waals surface area contributed by atoms with E-state index in [2.05, 4.69) is 37.1 Å². The standard InChI is InChI=1S/C8H9F2N.C5H8.C4H5F3O.C3H8.C2H6/c1-11-5-6-4-7(9)2-3-8(6)10;1-3-5-4-2;1-2-3-8-4(5,6)7;1-3-2;1-2/h2-4,11H,5H2,1H3;3-5H,1H2,2H3;2H,1,3H2;3H2,1-2H3;1-2H3/b;5-4+;;;. The predicted molar refractivity (Wildman–Crippen MR) is 114 cm³/mol. The number of ether oxygens (including phenoxy) is 1. The van der Waals surface area contributed by atoms with Crippen molar-refractivity contribution >= 4 is 0 Å². The Bertz CT molecular complexity index is 514. The van der Waals surface area contributed by atoms with E-state index in [1.54, 1.807) is 13.1 Å². The van der Waals surface area contributed by atoms with E-state index in [9.17, 15) is 22.0 Å². The Morgan fingerprint density at radius 3 is 1.90 bits per heavy atom. The van der Waals surface area contributed by atoms with Crippen LogP contribution in [0.2, 0.25) is 0 Å². The lowest BCUT2D eigenvalue weighted by Crippen LogP contribution is -2.12. The van der Waals surface area contributed by atoms with Gasteiger partial charge in [0, 0.05) is 12.1 Å². The van der Waals surface area contributed by atoms with Crippen molar-refractivity contribution in [2.75, 3.05) is 13.7 Å². The lowest BCUT2D eigenvalue weighted by Gasteiger charge is -2.02. The van der Waals surface area contributed by atoms with Crippen LogP contribution in [0.5, 0.6) is 0 Å². The van der Waals surface area contributed by atoms with E-state index in [0.717, 1.165) is 18.2 Å². The van der Waals surface area contributed by atoms with Gasteiger partial charge < -0.3 is 5.32 Å². The van der Waals surface area contributed by atoms with Gasteiger partial charge in [0.15, 0.2) is 0 Å². The van der Waals surface area contributed by atoms with E-state index in [4.69, 9.17) is 0 Å². The summed E-state index contributed by atoms with van der Waals surface area (Å²) in [7, 11) is 1.68. The third kappa shape index (κ3) is 34.0. The fourth-order valence-corrected chi connectivity index (χ4v) is 1.16. The van der Waals surface area contributed by atoms with Gasteiger partial charge in [-0.15, -0.1) is 19.8 Å². The predicted octanol–water partition coefficient (Wildman–Crippen LogP) is 7.58. The highest BCUT2D eigenvalue weighted by Crippen LogP contribution is 2.15. The van der Waals surface area contributed by atoms with E-state index >= 15 is 0 Å². The maximum atomic E-state index is 12.7. The van der Waals surface area contributed by atoms with Crippen LogP contribution in [0.3, 0.4) is 0 Å². The van der Waals surface area contributed by atoms with Crippen LogP contribution in [-0.4, -0.2) is 20.0 Å². The van der Waals surface area contributed by atoms with Gasteiger partial charge in [0.05, 0.1) is 6.61 Å². The number of hydrogen-bond donors (Lipinski definition) is 1. The van der Waals surface area contributed by atoms with Crippen molar-refractivity contribution in [3.63, 3.8) is 0 Å². The SMILES string of the molecule is C=C/C=C/C.C=CCOC(F)(F)F.CC.CCC.CNCc1cc(F)ccc1F. The molecule has 29 heavy (non-hydrogen) atoms. The molecule has 1 N–H and O–H groups in total. The molecule has 0 fully saturated rings. The van der Waals surface area contributed by atoms with Gasteiger partial charge in [0.2, 0.25) is 0 Å². The van der Waals surface area contributed by atoms with Crippen molar-refractivity contribution in [1.82, 2.24) is 5.32 Å². The summed E-state index contributed by atoms with van der Waals surface area (Å²) in [5.74, 6) is -0.780. The van der Waals surface area contributed by atoms with Crippen molar-refractivity contribution in [1.29, 1.82) is 0 Å². The van der Waals surface area contributed by atoms with Gasteiger partial charge in [-0.05, 0) is 32.2 Å². The first-order valence-corrected chi connectivity index (χ1v) is 9.27. The molecule has 0 unspecified atom stereocenters. The minimum Gasteiger partial charge on any atom is -0.316 e. The molecule has 0 saturated heterocycles. The molecule has 1 aromatic carbocycles. The number of allylic oxidation sites excluding steroid dienone is 3. The van der Waals surface area contributed by atoms with Gasteiger partial charge in [0.25, 0.3) is 0 Å². The Morgan fingerprint density at radius 1 is 1.10 bits per heavy atom. The molecule has 0 aromatic heterocycles. The van der Waals surface area contributed by atoms with Crippen molar-refractivity contribution < 1.29 is 26.7 Å². The summed E-state index contributed by atoms with van der Waals surface area (Å²) in [6.45, 7) is 16.6. The van der Waals surface area contributed by atoms with Gasteiger partial charge in [-0.25, -0.2) is 8.78 Å². The Balaban J connectivity index is -0.000000153. The van der Waals surface area contributed by atoms with E-state index in [1.807, 2.05) is 32.9 Å². The van der Waals surface area contributed by atoms with Crippen LogP contribution < -0.4 is 5.32 Å². The molecule has 7 heteroatoms.